The first-order valence-electron chi connectivity index (χ1n) is 8.22. The molecule has 0 amide bonds. The largest absolute Gasteiger partial charge is 0.497 e. The molecule has 3 heteroatoms. The molecule has 0 unspecified atom stereocenters. The summed E-state index contributed by atoms with van der Waals surface area (Å²) in [5.74, 6) is 1.51. The van der Waals surface area contributed by atoms with Gasteiger partial charge in [0.15, 0.2) is 0 Å². The molecule has 0 aliphatic rings. The molecule has 1 N–H and O–H groups in total. The number of methoxy groups -OCH3 is 1. The molecule has 0 saturated carbocycles. The van der Waals surface area contributed by atoms with Crippen LogP contribution in [0.25, 0.3) is 0 Å². The second-order valence-electron chi connectivity index (χ2n) is 5.46. The summed E-state index contributed by atoms with van der Waals surface area (Å²) in [5.41, 5.74) is 0.786. The van der Waals surface area contributed by atoms with E-state index in [4.69, 9.17) is 9.47 Å². The molecule has 21 heavy (non-hydrogen) atoms. The van der Waals surface area contributed by atoms with E-state index in [0.29, 0.717) is 6.61 Å². The number of rotatable bonds is 12. The molecule has 0 aromatic heterocycles. The topological polar surface area (TPSA) is 38.7 Å². The van der Waals surface area contributed by atoms with Gasteiger partial charge in [-0.05, 0) is 24.6 Å². The number of hydrogen-bond donors (Lipinski definition) is 1. The Bertz CT molecular complexity index is 377. The fourth-order valence-electron chi connectivity index (χ4n) is 2.37. The Labute approximate surface area is 129 Å². The molecule has 1 rings (SSSR count). The average molecular weight is 294 g/mol. The van der Waals surface area contributed by atoms with Crippen molar-refractivity contribution in [3.63, 3.8) is 0 Å². The summed E-state index contributed by atoms with van der Waals surface area (Å²) < 4.78 is 10.9. The van der Waals surface area contributed by atoms with Gasteiger partial charge in [-0.1, -0.05) is 51.9 Å². The van der Waals surface area contributed by atoms with Gasteiger partial charge in [-0.3, -0.25) is 0 Å². The molecule has 0 heterocycles. The highest BCUT2D eigenvalue weighted by molar-refractivity contribution is 5.39. The molecule has 0 aliphatic heterocycles. The standard InChI is InChI=1S/C18H30O3/c1-3-4-5-6-7-8-9-10-13-21-18-12-11-17(20-2)14-16(18)15-19/h11-12,14,19H,3-10,13,15H2,1-2H3. The first-order chi connectivity index (χ1) is 10.3. The van der Waals surface area contributed by atoms with Crippen LogP contribution in [-0.4, -0.2) is 18.8 Å². The van der Waals surface area contributed by atoms with Crippen molar-refractivity contribution in [3.05, 3.63) is 23.8 Å². The molecule has 0 aliphatic carbocycles. The van der Waals surface area contributed by atoms with Crippen molar-refractivity contribution < 1.29 is 14.6 Å². The molecule has 0 fully saturated rings. The Kier molecular flexibility index (Phi) is 9.71. The lowest BCUT2D eigenvalue weighted by molar-refractivity contribution is 0.258. The number of ether oxygens (including phenoxy) is 2. The first kappa shape index (κ1) is 17.8. The minimum absolute atomic E-state index is 0.0238. The van der Waals surface area contributed by atoms with E-state index in [1.165, 1.54) is 44.9 Å². The summed E-state index contributed by atoms with van der Waals surface area (Å²) >= 11 is 0. The molecule has 1 aromatic carbocycles. The van der Waals surface area contributed by atoms with Crippen LogP contribution in [0.5, 0.6) is 11.5 Å². The van der Waals surface area contributed by atoms with Crippen molar-refractivity contribution in [2.45, 2.75) is 64.9 Å². The first-order valence-corrected chi connectivity index (χ1v) is 8.22. The van der Waals surface area contributed by atoms with Gasteiger partial charge in [0.2, 0.25) is 0 Å². The fraction of sp³-hybridized carbons (Fsp3) is 0.667. The Balaban J connectivity index is 2.15. The number of unbranched alkanes of at least 4 members (excludes halogenated alkanes) is 7. The van der Waals surface area contributed by atoms with Gasteiger partial charge >= 0.3 is 0 Å². The summed E-state index contributed by atoms with van der Waals surface area (Å²) in [6.45, 7) is 2.94. The lowest BCUT2D eigenvalue weighted by Gasteiger charge is -2.11. The fourth-order valence-corrected chi connectivity index (χ4v) is 2.37. The molecule has 1 aromatic rings. The molecule has 0 saturated heterocycles. The summed E-state index contributed by atoms with van der Waals surface area (Å²) in [6.07, 6.45) is 10.3. The lowest BCUT2D eigenvalue weighted by atomic mass is 10.1. The van der Waals surface area contributed by atoms with E-state index in [2.05, 4.69) is 6.92 Å². The van der Waals surface area contributed by atoms with Gasteiger partial charge in [-0.25, -0.2) is 0 Å². The molecule has 0 atom stereocenters. The maximum absolute atomic E-state index is 9.35. The summed E-state index contributed by atoms with van der Waals surface area (Å²) in [6, 6.07) is 5.56. The van der Waals surface area contributed by atoms with Crippen LogP contribution in [0.15, 0.2) is 18.2 Å². The monoisotopic (exact) mass is 294 g/mol. The smallest absolute Gasteiger partial charge is 0.125 e. The minimum atomic E-state index is -0.0238. The summed E-state index contributed by atoms with van der Waals surface area (Å²) in [5, 5.41) is 9.35. The van der Waals surface area contributed by atoms with Crippen LogP contribution in [0.3, 0.4) is 0 Å². The second-order valence-corrected chi connectivity index (χ2v) is 5.46. The van der Waals surface area contributed by atoms with E-state index in [0.717, 1.165) is 23.5 Å². The van der Waals surface area contributed by atoms with Crippen LogP contribution in [0.2, 0.25) is 0 Å². The second kappa shape index (κ2) is 11.4. The Morgan fingerprint density at radius 3 is 2.24 bits per heavy atom. The van der Waals surface area contributed by atoms with Gasteiger partial charge in [0.05, 0.1) is 20.3 Å². The van der Waals surface area contributed by atoms with Crippen LogP contribution >= 0.6 is 0 Å². The zero-order chi connectivity index (χ0) is 15.3. The van der Waals surface area contributed by atoms with Crippen LogP contribution in [0.4, 0.5) is 0 Å². The Morgan fingerprint density at radius 1 is 0.952 bits per heavy atom. The van der Waals surface area contributed by atoms with E-state index in [-0.39, 0.29) is 6.61 Å². The van der Waals surface area contributed by atoms with Crippen molar-refractivity contribution in [2.75, 3.05) is 13.7 Å². The van der Waals surface area contributed by atoms with Gasteiger partial charge in [0.1, 0.15) is 11.5 Å². The maximum Gasteiger partial charge on any atom is 0.125 e. The third-order valence-corrected chi connectivity index (χ3v) is 3.69. The van der Waals surface area contributed by atoms with Crippen LogP contribution in [-0.2, 0) is 6.61 Å². The van der Waals surface area contributed by atoms with Gasteiger partial charge in [0, 0.05) is 5.56 Å². The van der Waals surface area contributed by atoms with Gasteiger partial charge in [-0.2, -0.15) is 0 Å². The number of benzene rings is 1. The zero-order valence-corrected chi connectivity index (χ0v) is 13.6. The van der Waals surface area contributed by atoms with Crippen molar-refractivity contribution in [1.29, 1.82) is 0 Å². The van der Waals surface area contributed by atoms with Gasteiger partial charge in [-0.15, -0.1) is 0 Å². The van der Waals surface area contributed by atoms with E-state index in [1.807, 2.05) is 18.2 Å². The normalized spacial score (nSPS) is 10.6. The number of aliphatic hydroxyl groups excluding tert-OH is 1. The van der Waals surface area contributed by atoms with Gasteiger partial charge in [0.25, 0.3) is 0 Å². The highest BCUT2D eigenvalue weighted by Gasteiger charge is 2.04. The summed E-state index contributed by atoms with van der Waals surface area (Å²) in [4.78, 5) is 0. The van der Waals surface area contributed by atoms with E-state index in [1.54, 1.807) is 7.11 Å². The lowest BCUT2D eigenvalue weighted by Crippen LogP contribution is -2.01. The quantitative estimate of drug-likeness (QED) is 0.567. The predicted octanol–water partition coefficient (Wildman–Crippen LogP) is 4.71. The summed E-state index contributed by atoms with van der Waals surface area (Å²) in [7, 11) is 1.62. The SMILES string of the molecule is CCCCCCCCCCOc1ccc(OC)cc1CO. The Morgan fingerprint density at radius 2 is 1.62 bits per heavy atom. The third kappa shape index (κ3) is 7.37. The maximum atomic E-state index is 9.35. The highest BCUT2D eigenvalue weighted by atomic mass is 16.5. The minimum Gasteiger partial charge on any atom is -0.497 e. The molecule has 0 spiro atoms. The van der Waals surface area contributed by atoms with E-state index >= 15 is 0 Å². The van der Waals surface area contributed by atoms with Crippen molar-refractivity contribution >= 4 is 0 Å². The van der Waals surface area contributed by atoms with Crippen LogP contribution in [0, 0.1) is 0 Å². The average Bonchev–Trinajstić information content (AvgIpc) is 2.53. The molecule has 120 valence electrons. The van der Waals surface area contributed by atoms with Crippen molar-refractivity contribution in [2.24, 2.45) is 0 Å². The zero-order valence-electron chi connectivity index (χ0n) is 13.6. The Hall–Kier alpha value is -1.22. The predicted molar refractivity (Wildman–Crippen MR) is 87.0 cm³/mol. The third-order valence-electron chi connectivity index (χ3n) is 3.69. The molecule has 0 radical (unpaired) electrons. The van der Waals surface area contributed by atoms with Crippen molar-refractivity contribution in [3.8, 4) is 11.5 Å². The van der Waals surface area contributed by atoms with E-state index in [9.17, 15) is 5.11 Å². The number of aliphatic hydroxyl groups is 1. The van der Waals surface area contributed by atoms with Crippen molar-refractivity contribution in [1.82, 2.24) is 0 Å². The molecule has 3 nitrogen and oxygen atoms in total. The molecule has 0 bridgehead atoms. The van der Waals surface area contributed by atoms with Crippen LogP contribution < -0.4 is 9.47 Å². The van der Waals surface area contributed by atoms with Crippen LogP contribution in [0.1, 0.15) is 63.9 Å². The number of hydrogen-bond acceptors (Lipinski definition) is 3. The van der Waals surface area contributed by atoms with E-state index < -0.39 is 0 Å². The molecular formula is C18H30O3. The highest BCUT2D eigenvalue weighted by Crippen LogP contribution is 2.24. The molecular weight excluding hydrogens is 264 g/mol. The van der Waals surface area contributed by atoms with Gasteiger partial charge < -0.3 is 14.6 Å².